The second-order valence-electron chi connectivity index (χ2n) is 6.26. The van der Waals surface area contributed by atoms with E-state index in [-0.39, 0.29) is 0 Å². The molecule has 1 nitrogen and oxygen atoms in total. The van der Waals surface area contributed by atoms with Crippen molar-refractivity contribution in [3.8, 4) is 0 Å². The monoisotopic (exact) mass is 251 g/mol. The Bertz CT molecular complexity index is 261. The van der Waals surface area contributed by atoms with E-state index in [9.17, 15) is 0 Å². The maximum Gasteiger partial charge on any atom is 0.0288 e. The Morgan fingerprint density at radius 3 is 2.11 bits per heavy atom. The molecule has 1 heteroatoms. The summed E-state index contributed by atoms with van der Waals surface area (Å²) >= 11 is 0. The third-order valence-electron chi connectivity index (χ3n) is 3.15. The third kappa shape index (κ3) is 8.52. The van der Waals surface area contributed by atoms with Gasteiger partial charge in [0.1, 0.15) is 0 Å². The molecular formula is C17H33N. The normalized spacial score (nSPS) is 16.8. The van der Waals surface area contributed by atoms with Gasteiger partial charge >= 0.3 is 0 Å². The van der Waals surface area contributed by atoms with E-state index in [1.54, 1.807) is 0 Å². The summed E-state index contributed by atoms with van der Waals surface area (Å²) in [6, 6.07) is 0.444. The van der Waals surface area contributed by atoms with E-state index in [1.165, 1.54) is 12.0 Å². The smallest absolute Gasteiger partial charge is 0.0288 e. The van der Waals surface area contributed by atoms with Crippen molar-refractivity contribution in [1.29, 1.82) is 0 Å². The highest BCUT2D eigenvalue weighted by atomic mass is 14.9. The van der Waals surface area contributed by atoms with Gasteiger partial charge < -0.3 is 5.32 Å². The molecular weight excluding hydrogens is 218 g/mol. The van der Waals surface area contributed by atoms with Crippen LogP contribution in [0.25, 0.3) is 0 Å². The lowest BCUT2D eigenvalue weighted by atomic mass is 9.98. The highest BCUT2D eigenvalue weighted by molar-refractivity contribution is 5.23. The molecule has 0 aliphatic heterocycles. The van der Waals surface area contributed by atoms with Crippen LogP contribution in [0.4, 0.5) is 0 Å². The van der Waals surface area contributed by atoms with Gasteiger partial charge in [-0.1, -0.05) is 52.8 Å². The van der Waals surface area contributed by atoms with Crippen LogP contribution in [0.2, 0.25) is 0 Å². The minimum atomic E-state index is 0.444. The molecule has 0 bridgehead atoms. The molecule has 0 rings (SSSR count). The first-order chi connectivity index (χ1) is 8.36. The van der Waals surface area contributed by atoms with Crippen LogP contribution in [0.1, 0.15) is 54.9 Å². The Kier molecular flexibility index (Phi) is 9.09. The maximum absolute atomic E-state index is 3.64. The number of hydrogen-bond acceptors (Lipinski definition) is 1. The molecule has 0 heterocycles. The molecule has 0 fully saturated rings. The molecule has 2 unspecified atom stereocenters. The van der Waals surface area contributed by atoms with Gasteiger partial charge in [0.25, 0.3) is 0 Å². The fourth-order valence-electron chi connectivity index (χ4n) is 2.18. The topological polar surface area (TPSA) is 12.0 Å². The van der Waals surface area contributed by atoms with Crippen LogP contribution in [0.15, 0.2) is 23.8 Å². The Balaban J connectivity index is 4.17. The van der Waals surface area contributed by atoms with Gasteiger partial charge in [-0.3, -0.25) is 0 Å². The summed E-state index contributed by atoms with van der Waals surface area (Å²) < 4.78 is 0. The number of rotatable bonds is 8. The van der Waals surface area contributed by atoms with Gasteiger partial charge in [-0.05, 0) is 50.1 Å². The van der Waals surface area contributed by atoms with Gasteiger partial charge in [0, 0.05) is 6.04 Å². The van der Waals surface area contributed by atoms with Crippen molar-refractivity contribution >= 4 is 0 Å². The van der Waals surface area contributed by atoms with E-state index in [0.717, 1.165) is 18.4 Å². The lowest BCUT2D eigenvalue weighted by Crippen LogP contribution is -2.31. The van der Waals surface area contributed by atoms with Crippen molar-refractivity contribution < 1.29 is 0 Å². The average Bonchev–Trinajstić information content (AvgIpc) is 2.25. The van der Waals surface area contributed by atoms with Crippen LogP contribution in [0, 0.1) is 17.8 Å². The molecule has 0 radical (unpaired) electrons. The first-order valence-electron chi connectivity index (χ1n) is 7.44. The summed E-state index contributed by atoms with van der Waals surface area (Å²) in [4.78, 5) is 0. The number of nitrogens with one attached hydrogen (secondary N) is 1. The van der Waals surface area contributed by atoms with Gasteiger partial charge in [0.2, 0.25) is 0 Å². The van der Waals surface area contributed by atoms with Crippen LogP contribution in [0.3, 0.4) is 0 Å². The first-order valence-corrected chi connectivity index (χ1v) is 7.44. The lowest BCUT2D eigenvalue weighted by Gasteiger charge is -2.20. The maximum atomic E-state index is 3.64. The standard InChI is InChI=1S/C17H33N/c1-8-17(10-9-13(2)3)16(7)18-12-15(6)11-14(4)5/h8-10,13-16,18H,11-12H2,1-7H3/b10-9-,17-8+. The zero-order valence-corrected chi connectivity index (χ0v) is 13.5. The van der Waals surface area contributed by atoms with E-state index < -0.39 is 0 Å². The Hall–Kier alpha value is -0.560. The van der Waals surface area contributed by atoms with E-state index in [0.29, 0.717) is 12.0 Å². The van der Waals surface area contributed by atoms with Crippen molar-refractivity contribution in [2.75, 3.05) is 6.54 Å². The van der Waals surface area contributed by atoms with Crippen LogP contribution in [-0.4, -0.2) is 12.6 Å². The predicted octanol–water partition coefficient (Wildman–Crippen LogP) is 4.81. The summed E-state index contributed by atoms with van der Waals surface area (Å²) in [6.07, 6.45) is 8.04. The summed E-state index contributed by atoms with van der Waals surface area (Å²) in [5.41, 5.74) is 1.39. The largest absolute Gasteiger partial charge is 0.310 e. The molecule has 0 spiro atoms. The zero-order valence-electron chi connectivity index (χ0n) is 13.5. The van der Waals surface area contributed by atoms with E-state index >= 15 is 0 Å². The highest BCUT2D eigenvalue weighted by Gasteiger charge is 2.09. The van der Waals surface area contributed by atoms with Crippen molar-refractivity contribution in [2.24, 2.45) is 17.8 Å². The minimum absolute atomic E-state index is 0.444. The Labute approximate surface area is 115 Å². The molecule has 0 saturated heterocycles. The molecule has 0 amide bonds. The SMILES string of the molecule is C/C=C(\C=C/C(C)C)C(C)NCC(C)CC(C)C. The molecule has 0 saturated carbocycles. The Morgan fingerprint density at radius 2 is 1.67 bits per heavy atom. The average molecular weight is 251 g/mol. The molecule has 0 aromatic rings. The zero-order chi connectivity index (χ0) is 14.1. The van der Waals surface area contributed by atoms with Gasteiger partial charge in [0.15, 0.2) is 0 Å². The minimum Gasteiger partial charge on any atom is -0.310 e. The molecule has 0 aromatic heterocycles. The Morgan fingerprint density at radius 1 is 1.06 bits per heavy atom. The number of hydrogen-bond donors (Lipinski definition) is 1. The summed E-state index contributed by atoms with van der Waals surface area (Å²) in [5.74, 6) is 2.16. The highest BCUT2D eigenvalue weighted by Crippen LogP contribution is 2.11. The predicted molar refractivity (Wildman–Crippen MR) is 83.8 cm³/mol. The molecule has 0 aliphatic rings. The van der Waals surface area contributed by atoms with Crippen LogP contribution < -0.4 is 5.32 Å². The molecule has 18 heavy (non-hydrogen) atoms. The van der Waals surface area contributed by atoms with Crippen molar-refractivity contribution in [2.45, 2.75) is 60.9 Å². The van der Waals surface area contributed by atoms with Gasteiger partial charge in [-0.25, -0.2) is 0 Å². The quantitative estimate of drug-likeness (QED) is 0.611. The van der Waals surface area contributed by atoms with E-state index in [4.69, 9.17) is 0 Å². The van der Waals surface area contributed by atoms with Crippen LogP contribution in [0.5, 0.6) is 0 Å². The molecule has 0 aliphatic carbocycles. The molecule has 2 atom stereocenters. The van der Waals surface area contributed by atoms with Gasteiger partial charge in [-0.2, -0.15) is 0 Å². The molecule has 106 valence electrons. The summed E-state index contributed by atoms with van der Waals surface area (Å²) in [7, 11) is 0. The first kappa shape index (κ1) is 17.4. The summed E-state index contributed by atoms with van der Waals surface area (Å²) in [6.45, 7) is 16.8. The molecule has 0 aromatic carbocycles. The van der Waals surface area contributed by atoms with Gasteiger partial charge in [0.05, 0.1) is 0 Å². The van der Waals surface area contributed by atoms with E-state index in [1.807, 2.05) is 0 Å². The fourth-order valence-corrected chi connectivity index (χ4v) is 2.18. The van der Waals surface area contributed by atoms with Crippen molar-refractivity contribution in [1.82, 2.24) is 5.32 Å². The van der Waals surface area contributed by atoms with Crippen LogP contribution >= 0.6 is 0 Å². The fraction of sp³-hybridized carbons (Fsp3) is 0.765. The number of allylic oxidation sites excluding steroid dienone is 2. The third-order valence-corrected chi connectivity index (χ3v) is 3.15. The van der Waals surface area contributed by atoms with Crippen molar-refractivity contribution in [3.05, 3.63) is 23.8 Å². The summed E-state index contributed by atoms with van der Waals surface area (Å²) in [5, 5.41) is 3.64. The second-order valence-corrected chi connectivity index (χ2v) is 6.26. The lowest BCUT2D eigenvalue weighted by molar-refractivity contribution is 0.404. The van der Waals surface area contributed by atoms with Crippen molar-refractivity contribution in [3.63, 3.8) is 0 Å². The molecule has 1 N–H and O–H groups in total. The van der Waals surface area contributed by atoms with E-state index in [2.05, 4.69) is 72.0 Å². The van der Waals surface area contributed by atoms with Gasteiger partial charge in [-0.15, -0.1) is 0 Å². The van der Waals surface area contributed by atoms with Crippen LogP contribution in [-0.2, 0) is 0 Å². The second kappa shape index (κ2) is 9.38.